The Morgan fingerprint density at radius 1 is 1.00 bits per heavy atom. The van der Waals surface area contributed by atoms with E-state index in [2.05, 4.69) is 18.7 Å². The maximum atomic E-state index is 12.9. The minimum absolute atomic E-state index is 0.125. The van der Waals surface area contributed by atoms with Crippen molar-refractivity contribution in [1.82, 2.24) is 9.80 Å². The first-order valence-electron chi connectivity index (χ1n) is 10.1. The van der Waals surface area contributed by atoms with Gasteiger partial charge in [-0.1, -0.05) is 74.0 Å². The molecular formula is C24H28N2O3. The van der Waals surface area contributed by atoms with Gasteiger partial charge in [0.25, 0.3) is 11.7 Å². The van der Waals surface area contributed by atoms with Crippen LogP contribution in [0.4, 0.5) is 0 Å². The van der Waals surface area contributed by atoms with Gasteiger partial charge in [0.2, 0.25) is 0 Å². The Balaban J connectivity index is 2.07. The number of likely N-dealkylation sites (tertiary alicyclic amines) is 1. The highest BCUT2D eigenvalue weighted by Crippen LogP contribution is 2.39. The largest absolute Gasteiger partial charge is 0.507 e. The minimum atomic E-state index is -0.628. The molecule has 1 aliphatic rings. The lowest BCUT2D eigenvalue weighted by Gasteiger charge is -2.28. The Labute approximate surface area is 172 Å². The SMILES string of the molecule is CCN(CC)CCN1C(=O)C(=O)/C(=C(/O)c2ccccc2)C1c1ccc(C)cc1. The van der Waals surface area contributed by atoms with Crippen molar-refractivity contribution >= 4 is 17.4 Å². The minimum Gasteiger partial charge on any atom is -0.507 e. The number of aliphatic hydroxyl groups is 1. The maximum absolute atomic E-state index is 12.9. The normalized spacial score (nSPS) is 18.6. The molecule has 0 saturated carbocycles. The number of hydrogen-bond donors (Lipinski definition) is 1. The molecule has 1 amide bonds. The number of rotatable bonds is 7. The highest BCUT2D eigenvalue weighted by molar-refractivity contribution is 6.46. The quantitative estimate of drug-likeness (QED) is 0.443. The van der Waals surface area contributed by atoms with E-state index in [0.29, 0.717) is 18.7 Å². The summed E-state index contributed by atoms with van der Waals surface area (Å²) in [6.45, 7) is 8.99. The third-order valence-electron chi connectivity index (χ3n) is 5.53. The van der Waals surface area contributed by atoms with E-state index in [9.17, 15) is 14.7 Å². The molecule has 29 heavy (non-hydrogen) atoms. The summed E-state index contributed by atoms with van der Waals surface area (Å²) >= 11 is 0. The second-order valence-electron chi connectivity index (χ2n) is 7.30. The first-order chi connectivity index (χ1) is 14.0. The number of Topliss-reactive ketones (excluding diaryl/α,β-unsaturated/α-hetero) is 1. The van der Waals surface area contributed by atoms with E-state index in [-0.39, 0.29) is 11.3 Å². The smallest absolute Gasteiger partial charge is 0.295 e. The van der Waals surface area contributed by atoms with Gasteiger partial charge >= 0.3 is 0 Å². The summed E-state index contributed by atoms with van der Waals surface area (Å²) in [5.74, 6) is -1.31. The van der Waals surface area contributed by atoms with Crippen molar-refractivity contribution in [1.29, 1.82) is 0 Å². The van der Waals surface area contributed by atoms with E-state index in [1.165, 1.54) is 0 Å². The molecule has 0 aliphatic carbocycles. The number of carbonyl (C=O) groups excluding carboxylic acids is 2. The van der Waals surface area contributed by atoms with E-state index in [4.69, 9.17) is 0 Å². The Bertz CT molecular complexity index is 899. The summed E-state index contributed by atoms with van der Waals surface area (Å²) in [7, 11) is 0. The van der Waals surface area contributed by atoms with Gasteiger partial charge in [-0.15, -0.1) is 0 Å². The third-order valence-corrected chi connectivity index (χ3v) is 5.53. The second kappa shape index (κ2) is 9.05. The van der Waals surface area contributed by atoms with Crippen LogP contribution in [0.3, 0.4) is 0 Å². The Morgan fingerprint density at radius 2 is 1.62 bits per heavy atom. The van der Waals surface area contributed by atoms with Crippen LogP contribution in [0.25, 0.3) is 5.76 Å². The van der Waals surface area contributed by atoms with Crippen LogP contribution in [0.15, 0.2) is 60.2 Å². The molecule has 0 spiro atoms. The first kappa shape index (κ1) is 20.8. The van der Waals surface area contributed by atoms with Gasteiger partial charge < -0.3 is 14.9 Å². The molecule has 0 bridgehead atoms. The molecule has 1 heterocycles. The van der Waals surface area contributed by atoms with Gasteiger partial charge in [-0.3, -0.25) is 9.59 Å². The molecule has 3 rings (SSSR count). The van der Waals surface area contributed by atoms with E-state index in [0.717, 1.165) is 24.2 Å². The van der Waals surface area contributed by atoms with Crippen molar-refractivity contribution < 1.29 is 14.7 Å². The molecule has 1 saturated heterocycles. The molecule has 1 atom stereocenters. The van der Waals surface area contributed by atoms with Crippen LogP contribution in [0.1, 0.15) is 36.6 Å². The monoisotopic (exact) mass is 392 g/mol. The fourth-order valence-corrected chi connectivity index (χ4v) is 3.75. The van der Waals surface area contributed by atoms with Crippen molar-refractivity contribution in [3.8, 4) is 0 Å². The number of nitrogens with zero attached hydrogens (tertiary/aromatic N) is 2. The lowest BCUT2D eigenvalue weighted by molar-refractivity contribution is -0.140. The van der Waals surface area contributed by atoms with Gasteiger partial charge in [0, 0.05) is 18.7 Å². The van der Waals surface area contributed by atoms with Crippen molar-refractivity contribution in [3.05, 3.63) is 76.9 Å². The van der Waals surface area contributed by atoms with Gasteiger partial charge in [0.05, 0.1) is 11.6 Å². The zero-order valence-corrected chi connectivity index (χ0v) is 17.3. The third kappa shape index (κ3) is 4.25. The molecule has 1 N–H and O–H groups in total. The molecule has 5 nitrogen and oxygen atoms in total. The lowest BCUT2D eigenvalue weighted by atomic mass is 9.95. The molecule has 0 radical (unpaired) electrons. The summed E-state index contributed by atoms with van der Waals surface area (Å²) in [5, 5.41) is 11.0. The number of amides is 1. The zero-order chi connectivity index (χ0) is 21.0. The van der Waals surface area contributed by atoms with Crippen LogP contribution in [0, 0.1) is 6.92 Å². The summed E-state index contributed by atoms with van der Waals surface area (Å²) in [4.78, 5) is 29.7. The molecule has 5 heteroatoms. The van der Waals surface area contributed by atoms with Gasteiger partial charge in [0.1, 0.15) is 5.76 Å². The average molecular weight is 392 g/mol. The fourth-order valence-electron chi connectivity index (χ4n) is 3.75. The summed E-state index contributed by atoms with van der Waals surface area (Å²) in [6.07, 6.45) is 0. The summed E-state index contributed by atoms with van der Waals surface area (Å²) in [6, 6.07) is 16.1. The number of aliphatic hydroxyl groups excluding tert-OH is 1. The van der Waals surface area contributed by atoms with Crippen molar-refractivity contribution in [2.75, 3.05) is 26.2 Å². The average Bonchev–Trinajstić information content (AvgIpc) is 3.00. The number of likely N-dealkylation sites (N-methyl/N-ethyl adjacent to an activating group) is 1. The molecule has 1 unspecified atom stereocenters. The van der Waals surface area contributed by atoms with Crippen LogP contribution in [0.2, 0.25) is 0 Å². The Kier molecular flexibility index (Phi) is 6.49. The summed E-state index contributed by atoms with van der Waals surface area (Å²) in [5.41, 5.74) is 2.61. The second-order valence-corrected chi connectivity index (χ2v) is 7.30. The molecule has 1 fully saturated rings. The molecule has 152 valence electrons. The number of aryl methyl sites for hydroxylation is 1. The number of ketones is 1. The Morgan fingerprint density at radius 3 is 2.21 bits per heavy atom. The predicted octanol–water partition coefficient (Wildman–Crippen LogP) is 3.76. The number of carbonyl (C=O) groups is 2. The first-order valence-corrected chi connectivity index (χ1v) is 10.1. The van der Waals surface area contributed by atoms with E-state index < -0.39 is 17.7 Å². The topological polar surface area (TPSA) is 60.9 Å². The maximum Gasteiger partial charge on any atom is 0.295 e. The van der Waals surface area contributed by atoms with E-state index in [1.54, 1.807) is 29.2 Å². The zero-order valence-electron chi connectivity index (χ0n) is 17.3. The van der Waals surface area contributed by atoms with Crippen molar-refractivity contribution in [2.45, 2.75) is 26.8 Å². The van der Waals surface area contributed by atoms with Crippen LogP contribution in [0.5, 0.6) is 0 Å². The van der Waals surface area contributed by atoms with Gasteiger partial charge in [-0.2, -0.15) is 0 Å². The summed E-state index contributed by atoms with van der Waals surface area (Å²) < 4.78 is 0. The van der Waals surface area contributed by atoms with Crippen molar-refractivity contribution in [2.24, 2.45) is 0 Å². The van der Waals surface area contributed by atoms with Crippen LogP contribution >= 0.6 is 0 Å². The standard InChI is InChI=1S/C24H28N2O3/c1-4-25(5-2)15-16-26-21(18-13-11-17(3)12-14-18)20(23(28)24(26)29)22(27)19-9-7-6-8-10-19/h6-14,21,27H,4-5,15-16H2,1-3H3/b22-20+. The van der Waals surface area contributed by atoms with E-state index in [1.807, 2.05) is 37.3 Å². The lowest BCUT2D eigenvalue weighted by Crippen LogP contribution is -2.38. The van der Waals surface area contributed by atoms with E-state index >= 15 is 0 Å². The predicted molar refractivity (Wildman–Crippen MR) is 114 cm³/mol. The molecule has 1 aliphatic heterocycles. The van der Waals surface area contributed by atoms with Crippen molar-refractivity contribution in [3.63, 3.8) is 0 Å². The van der Waals surface area contributed by atoms with Crippen LogP contribution < -0.4 is 0 Å². The highest BCUT2D eigenvalue weighted by atomic mass is 16.3. The van der Waals surface area contributed by atoms with Crippen LogP contribution in [-0.4, -0.2) is 52.8 Å². The fraction of sp³-hybridized carbons (Fsp3) is 0.333. The molecule has 2 aromatic carbocycles. The van der Waals surface area contributed by atoms with Gasteiger partial charge in [-0.25, -0.2) is 0 Å². The van der Waals surface area contributed by atoms with Crippen LogP contribution in [-0.2, 0) is 9.59 Å². The molecule has 2 aromatic rings. The van der Waals surface area contributed by atoms with Gasteiger partial charge in [-0.05, 0) is 25.6 Å². The molecule has 0 aromatic heterocycles. The number of hydrogen-bond acceptors (Lipinski definition) is 4. The Hall–Kier alpha value is -2.92. The van der Waals surface area contributed by atoms with Gasteiger partial charge in [0.15, 0.2) is 0 Å². The highest BCUT2D eigenvalue weighted by Gasteiger charge is 2.45. The molecular weight excluding hydrogens is 364 g/mol. The number of benzene rings is 2.